The minimum atomic E-state index is -0.0673. The summed E-state index contributed by atoms with van der Waals surface area (Å²) in [5.74, 6) is 0.708. The third-order valence-electron chi connectivity index (χ3n) is 5.01. The van der Waals surface area contributed by atoms with E-state index in [4.69, 9.17) is 4.74 Å². The van der Waals surface area contributed by atoms with E-state index in [1.807, 2.05) is 36.1 Å². The Kier molecular flexibility index (Phi) is 6.22. The number of carbonyl (C=O) groups is 1. The molecule has 5 nitrogen and oxygen atoms in total. The zero-order valence-electron chi connectivity index (χ0n) is 16.5. The van der Waals surface area contributed by atoms with Gasteiger partial charge in [0.1, 0.15) is 5.75 Å². The molecule has 2 amide bonds. The van der Waals surface area contributed by atoms with Crippen molar-refractivity contribution < 1.29 is 9.53 Å². The maximum Gasteiger partial charge on any atom is 0.322 e. The van der Waals surface area contributed by atoms with Crippen LogP contribution in [0.3, 0.4) is 0 Å². The summed E-state index contributed by atoms with van der Waals surface area (Å²) in [4.78, 5) is 17.0. The second-order valence-corrected chi connectivity index (χ2v) is 6.77. The SMILES string of the molecule is CCOc1ccccc1NC(=O)N1CCN(c2c(C)cccc2CC)CC1. The molecule has 5 heteroatoms. The number of ether oxygens (including phenoxy) is 1. The molecule has 2 aromatic rings. The molecule has 0 saturated carbocycles. The molecular formula is C22H29N3O2. The van der Waals surface area contributed by atoms with Crippen LogP contribution < -0.4 is 15.0 Å². The number of rotatable bonds is 5. The largest absolute Gasteiger partial charge is 0.492 e. The molecule has 0 radical (unpaired) electrons. The molecule has 0 atom stereocenters. The lowest BCUT2D eigenvalue weighted by molar-refractivity contribution is 0.208. The number of nitrogens with zero attached hydrogens (tertiary/aromatic N) is 2. The maximum atomic E-state index is 12.7. The Morgan fingerprint density at radius 3 is 2.48 bits per heavy atom. The van der Waals surface area contributed by atoms with Crippen molar-refractivity contribution in [2.75, 3.05) is 43.0 Å². The lowest BCUT2D eigenvalue weighted by atomic mass is 10.0. The smallest absolute Gasteiger partial charge is 0.322 e. The first-order valence-corrected chi connectivity index (χ1v) is 9.75. The summed E-state index contributed by atoms with van der Waals surface area (Å²) in [6.45, 7) is 9.97. The molecule has 2 aromatic carbocycles. The number of hydrogen-bond donors (Lipinski definition) is 1. The highest BCUT2D eigenvalue weighted by Gasteiger charge is 2.23. The number of para-hydroxylation sites is 3. The molecule has 0 aliphatic carbocycles. The number of anilines is 2. The maximum absolute atomic E-state index is 12.7. The van der Waals surface area contributed by atoms with Gasteiger partial charge >= 0.3 is 6.03 Å². The number of hydrogen-bond acceptors (Lipinski definition) is 3. The van der Waals surface area contributed by atoms with Crippen LogP contribution in [-0.4, -0.2) is 43.7 Å². The van der Waals surface area contributed by atoms with E-state index < -0.39 is 0 Å². The number of nitrogens with one attached hydrogen (secondary N) is 1. The molecule has 1 heterocycles. The fourth-order valence-electron chi connectivity index (χ4n) is 3.64. The van der Waals surface area contributed by atoms with Gasteiger partial charge in [-0.1, -0.05) is 37.3 Å². The van der Waals surface area contributed by atoms with Gasteiger partial charge in [0, 0.05) is 31.9 Å². The average molecular weight is 367 g/mol. The van der Waals surface area contributed by atoms with Gasteiger partial charge in [-0.05, 0) is 43.5 Å². The standard InChI is InChI=1S/C22H29N3O2/c1-4-18-10-8-9-17(3)21(18)24-13-15-25(16-14-24)22(26)23-19-11-6-7-12-20(19)27-5-2/h6-12H,4-5,13-16H2,1-3H3,(H,23,26). The van der Waals surface area contributed by atoms with Crippen LogP contribution in [0, 0.1) is 6.92 Å². The second-order valence-electron chi connectivity index (χ2n) is 6.77. The summed E-state index contributed by atoms with van der Waals surface area (Å²) in [7, 11) is 0. The monoisotopic (exact) mass is 367 g/mol. The third-order valence-corrected chi connectivity index (χ3v) is 5.01. The van der Waals surface area contributed by atoms with Crippen LogP contribution in [0.15, 0.2) is 42.5 Å². The first-order chi connectivity index (χ1) is 13.1. The van der Waals surface area contributed by atoms with Crippen LogP contribution in [0.1, 0.15) is 25.0 Å². The predicted octanol–water partition coefficient (Wildman–Crippen LogP) is 4.31. The zero-order valence-corrected chi connectivity index (χ0v) is 16.5. The molecule has 0 aromatic heterocycles. The van der Waals surface area contributed by atoms with Gasteiger partial charge in [-0.15, -0.1) is 0 Å². The minimum Gasteiger partial charge on any atom is -0.492 e. The van der Waals surface area contributed by atoms with Crippen LogP contribution in [0.2, 0.25) is 0 Å². The Bertz CT molecular complexity index is 783. The zero-order chi connectivity index (χ0) is 19.2. The van der Waals surface area contributed by atoms with Crippen molar-refractivity contribution in [2.24, 2.45) is 0 Å². The normalized spacial score (nSPS) is 14.2. The quantitative estimate of drug-likeness (QED) is 0.856. The highest BCUT2D eigenvalue weighted by molar-refractivity contribution is 5.91. The van der Waals surface area contributed by atoms with Gasteiger partial charge in [-0.3, -0.25) is 0 Å². The molecule has 3 rings (SSSR count). The first kappa shape index (κ1) is 19.1. The number of benzene rings is 2. The number of aryl methyl sites for hydroxylation is 2. The fourth-order valence-corrected chi connectivity index (χ4v) is 3.64. The van der Waals surface area contributed by atoms with E-state index in [0.29, 0.717) is 25.4 Å². The van der Waals surface area contributed by atoms with Crippen LogP contribution in [-0.2, 0) is 6.42 Å². The molecule has 1 aliphatic heterocycles. The van der Waals surface area contributed by atoms with E-state index in [-0.39, 0.29) is 6.03 Å². The Balaban J connectivity index is 1.64. The van der Waals surface area contributed by atoms with Crippen LogP contribution >= 0.6 is 0 Å². The van der Waals surface area contributed by atoms with E-state index >= 15 is 0 Å². The number of amides is 2. The second kappa shape index (κ2) is 8.80. The predicted molar refractivity (Wildman–Crippen MR) is 111 cm³/mol. The number of carbonyl (C=O) groups excluding carboxylic acids is 1. The molecule has 0 unspecified atom stereocenters. The van der Waals surface area contributed by atoms with Crippen LogP contribution in [0.25, 0.3) is 0 Å². The van der Waals surface area contributed by atoms with Crippen molar-refractivity contribution >= 4 is 17.4 Å². The summed E-state index contributed by atoms with van der Waals surface area (Å²) in [5.41, 5.74) is 4.73. The summed E-state index contributed by atoms with van der Waals surface area (Å²) in [5, 5.41) is 3.00. The van der Waals surface area contributed by atoms with Gasteiger partial charge in [0.15, 0.2) is 0 Å². The number of urea groups is 1. The minimum absolute atomic E-state index is 0.0673. The molecule has 1 fully saturated rings. The van der Waals surface area contributed by atoms with Gasteiger partial charge < -0.3 is 19.9 Å². The Morgan fingerprint density at radius 2 is 1.78 bits per heavy atom. The van der Waals surface area contributed by atoms with Crippen LogP contribution in [0.5, 0.6) is 5.75 Å². The van der Waals surface area contributed by atoms with Crippen LogP contribution in [0.4, 0.5) is 16.2 Å². The topological polar surface area (TPSA) is 44.8 Å². The first-order valence-electron chi connectivity index (χ1n) is 9.75. The van der Waals surface area contributed by atoms with Crippen molar-refractivity contribution in [3.63, 3.8) is 0 Å². The van der Waals surface area contributed by atoms with Crippen molar-refractivity contribution in [3.05, 3.63) is 53.6 Å². The lowest BCUT2D eigenvalue weighted by Crippen LogP contribution is -2.50. The molecule has 1 aliphatic rings. The van der Waals surface area contributed by atoms with Crippen molar-refractivity contribution in [2.45, 2.75) is 27.2 Å². The number of piperazine rings is 1. The molecular weight excluding hydrogens is 338 g/mol. The Morgan fingerprint density at radius 1 is 1.04 bits per heavy atom. The highest BCUT2D eigenvalue weighted by atomic mass is 16.5. The molecule has 1 saturated heterocycles. The van der Waals surface area contributed by atoms with E-state index in [1.165, 1.54) is 16.8 Å². The fraction of sp³-hybridized carbons (Fsp3) is 0.409. The molecule has 144 valence electrons. The van der Waals surface area contributed by atoms with E-state index in [0.717, 1.165) is 25.2 Å². The average Bonchev–Trinajstić information content (AvgIpc) is 2.69. The van der Waals surface area contributed by atoms with Crippen molar-refractivity contribution in [1.29, 1.82) is 0 Å². The third kappa shape index (κ3) is 4.35. The lowest BCUT2D eigenvalue weighted by Gasteiger charge is -2.37. The summed E-state index contributed by atoms with van der Waals surface area (Å²) in [6, 6.07) is 14.0. The highest BCUT2D eigenvalue weighted by Crippen LogP contribution is 2.27. The molecule has 27 heavy (non-hydrogen) atoms. The van der Waals surface area contributed by atoms with Crippen molar-refractivity contribution in [3.8, 4) is 5.75 Å². The molecule has 1 N–H and O–H groups in total. The van der Waals surface area contributed by atoms with Gasteiger partial charge in [-0.2, -0.15) is 0 Å². The summed E-state index contributed by atoms with van der Waals surface area (Å²) < 4.78 is 5.60. The van der Waals surface area contributed by atoms with E-state index in [9.17, 15) is 4.79 Å². The van der Waals surface area contributed by atoms with Gasteiger partial charge in [0.25, 0.3) is 0 Å². The molecule has 0 spiro atoms. The summed E-state index contributed by atoms with van der Waals surface area (Å²) >= 11 is 0. The van der Waals surface area contributed by atoms with Gasteiger partial charge in [-0.25, -0.2) is 4.79 Å². The summed E-state index contributed by atoms with van der Waals surface area (Å²) in [6.07, 6.45) is 1.02. The molecule has 0 bridgehead atoms. The van der Waals surface area contributed by atoms with Gasteiger partial charge in [0.2, 0.25) is 0 Å². The van der Waals surface area contributed by atoms with Crippen molar-refractivity contribution in [1.82, 2.24) is 4.90 Å². The van der Waals surface area contributed by atoms with Gasteiger partial charge in [0.05, 0.1) is 12.3 Å². The van der Waals surface area contributed by atoms with E-state index in [2.05, 4.69) is 42.3 Å². The Hall–Kier alpha value is -2.69. The van der Waals surface area contributed by atoms with E-state index in [1.54, 1.807) is 0 Å². The Labute approximate surface area is 161 Å².